The highest BCUT2D eigenvalue weighted by Crippen LogP contribution is 2.36. The molecule has 0 amide bonds. The fourth-order valence-corrected chi connectivity index (χ4v) is 2.48. The lowest BCUT2D eigenvalue weighted by Gasteiger charge is -2.14. The van der Waals surface area contributed by atoms with Crippen LogP contribution in [0.3, 0.4) is 0 Å². The number of anilines is 2. The Morgan fingerprint density at radius 1 is 1.36 bits per heavy atom. The van der Waals surface area contributed by atoms with Gasteiger partial charge in [0.25, 0.3) is 0 Å². The second-order valence-electron chi connectivity index (χ2n) is 4.15. The van der Waals surface area contributed by atoms with E-state index in [-0.39, 0.29) is 10.6 Å². The highest BCUT2D eigenvalue weighted by molar-refractivity contribution is 14.1. The quantitative estimate of drug-likeness (QED) is 0.311. The summed E-state index contributed by atoms with van der Waals surface area (Å²) in [5.74, 6) is -3.17. The van der Waals surface area contributed by atoms with Crippen LogP contribution in [0.5, 0.6) is 0 Å². The van der Waals surface area contributed by atoms with Crippen LogP contribution in [0.1, 0.15) is 10.4 Å². The van der Waals surface area contributed by atoms with E-state index < -0.39 is 34.5 Å². The topological polar surface area (TPSA) is 85.5 Å². The molecular formula is C13H8F2IN3O2S. The van der Waals surface area contributed by atoms with Crippen molar-refractivity contribution in [2.45, 2.75) is 4.90 Å². The van der Waals surface area contributed by atoms with Gasteiger partial charge in [-0.1, -0.05) is 0 Å². The van der Waals surface area contributed by atoms with Crippen LogP contribution in [0.25, 0.3) is 0 Å². The van der Waals surface area contributed by atoms with E-state index in [2.05, 4.69) is 23.1 Å². The molecule has 0 unspecified atom stereocenters. The van der Waals surface area contributed by atoms with Crippen LogP contribution in [-0.4, -0.2) is 11.1 Å². The van der Waals surface area contributed by atoms with Gasteiger partial charge in [0, 0.05) is 8.47 Å². The first-order chi connectivity index (χ1) is 10.3. The van der Waals surface area contributed by atoms with Crippen molar-refractivity contribution >= 4 is 58.3 Å². The number of benzene rings is 2. The van der Waals surface area contributed by atoms with E-state index in [0.717, 1.165) is 6.07 Å². The fourth-order valence-electron chi connectivity index (χ4n) is 1.75. The molecule has 0 aliphatic heterocycles. The van der Waals surface area contributed by atoms with Gasteiger partial charge in [0.15, 0.2) is 5.82 Å². The van der Waals surface area contributed by atoms with Gasteiger partial charge >= 0.3 is 5.97 Å². The van der Waals surface area contributed by atoms with Crippen molar-refractivity contribution < 1.29 is 18.7 Å². The smallest absolute Gasteiger partial charge is 0.337 e. The predicted octanol–water partition coefficient (Wildman–Crippen LogP) is 4.96. The van der Waals surface area contributed by atoms with Gasteiger partial charge in [0.05, 0.1) is 16.9 Å². The third-order valence-corrected chi connectivity index (χ3v) is 3.77. The van der Waals surface area contributed by atoms with Crippen molar-refractivity contribution in [1.82, 2.24) is 0 Å². The van der Waals surface area contributed by atoms with Crippen LogP contribution in [-0.2, 0) is 0 Å². The van der Waals surface area contributed by atoms with E-state index in [1.165, 1.54) is 12.1 Å². The van der Waals surface area contributed by atoms with E-state index in [9.17, 15) is 13.6 Å². The summed E-state index contributed by atoms with van der Waals surface area (Å²) in [7, 11) is 0. The largest absolute Gasteiger partial charge is 0.478 e. The molecule has 0 aromatic heterocycles. The number of nitrogens with one attached hydrogen (secondary N) is 2. The molecule has 0 spiro atoms. The zero-order chi connectivity index (χ0) is 16.4. The Kier molecular flexibility index (Phi) is 4.96. The Labute approximate surface area is 142 Å². The molecule has 2 aromatic rings. The maximum absolute atomic E-state index is 14.3. The molecule has 0 atom stereocenters. The minimum atomic E-state index is -1.42. The maximum Gasteiger partial charge on any atom is 0.337 e. The molecule has 0 bridgehead atoms. The van der Waals surface area contributed by atoms with Crippen molar-refractivity contribution in [1.29, 1.82) is 5.53 Å². The van der Waals surface area contributed by atoms with E-state index in [0.29, 0.717) is 3.57 Å². The lowest BCUT2D eigenvalue weighted by atomic mass is 10.1. The summed E-state index contributed by atoms with van der Waals surface area (Å²) in [6, 6.07) is 5.19. The number of thiol groups is 1. The van der Waals surface area contributed by atoms with Crippen molar-refractivity contribution in [2.75, 3.05) is 5.32 Å². The van der Waals surface area contributed by atoms with Gasteiger partial charge in [0.2, 0.25) is 0 Å². The molecule has 0 heterocycles. The first-order valence-electron chi connectivity index (χ1n) is 5.73. The third-order valence-electron chi connectivity index (χ3n) is 2.75. The predicted molar refractivity (Wildman–Crippen MR) is 87.8 cm³/mol. The molecule has 0 saturated heterocycles. The number of carboxylic acid groups (broad SMARTS) is 1. The zero-order valence-electron chi connectivity index (χ0n) is 10.7. The highest BCUT2D eigenvalue weighted by atomic mass is 127. The summed E-state index contributed by atoms with van der Waals surface area (Å²) in [5.41, 5.74) is 5.50. The minimum Gasteiger partial charge on any atom is -0.478 e. The van der Waals surface area contributed by atoms with Gasteiger partial charge in [0.1, 0.15) is 11.5 Å². The van der Waals surface area contributed by atoms with E-state index in [1.54, 1.807) is 6.07 Å². The first-order valence-corrected chi connectivity index (χ1v) is 7.26. The molecule has 5 nitrogen and oxygen atoms in total. The van der Waals surface area contributed by atoms with Crippen molar-refractivity contribution in [3.63, 3.8) is 0 Å². The summed E-state index contributed by atoms with van der Waals surface area (Å²) in [6.45, 7) is 0. The van der Waals surface area contributed by atoms with Crippen LogP contribution >= 0.6 is 35.2 Å². The lowest BCUT2D eigenvalue weighted by molar-refractivity contribution is 0.0697. The molecule has 2 rings (SSSR count). The summed E-state index contributed by atoms with van der Waals surface area (Å²) in [4.78, 5) is 11.1. The molecule has 9 heteroatoms. The number of nitrogens with zero attached hydrogens (tertiary/aromatic N) is 1. The number of hydrogen-bond acceptors (Lipinski definition) is 5. The Morgan fingerprint density at radius 3 is 2.59 bits per heavy atom. The molecule has 22 heavy (non-hydrogen) atoms. The summed E-state index contributed by atoms with van der Waals surface area (Å²) >= 11 is 5.81. The number of carboxylic acids is 1. The SMILES string of the molecule is N=Nc1c(S)cc(C(=O)O)c(Nc2ccc(I)cc2F)c1F. The minimum absolute atomic E-state index is 0.0929. The standard InChI is InChI=1S/C13H8F2IN3O2S/c14-7-3-5(16)1-2-8(7)18-11-6(13(20)21)4-9(22)12(19-17)10(11)15/h1-4,17-18,22H,(H,20,21). The molecule has 0 radical (unpaired) electrons. The number of hydrogen-bond donors (Lipinski definition) is 4. The maximum atomic E-state index is 14.3. The average molecular weight is 435 g/mol. The van der Waals surface area contributed by atoms with Crippen LogP contribution < -0.4 is 5.32 Å². The highest BCUT2D eigenvalue weighted by Gasteiger charge is 2.22. The molecule has 0 fully saturated rings. The van der Waals surface area contributed by atoms with E-state index >= 15 is 0 Å². The van der Waals surface area contributed by atoms with Gasteiger partial charge in [-0.05, 0) is 46.9 Å². The van der Waals surface area contributed by atoms with Gasteiger partial charge in [-0.15, -0.1) is 12.6 Å². The molecule has 0 saturated carbocycles. The van der Waals surface area contributed by atoms with Crippen LogP contribution in [0.2, 0.25) is 0 Å². The second-order valence-corrected chi connectivity index (χ2v) is 5.87. The molecule has 0 aliphatic rings. The number of aromatic carboxylic acids is 1. The van der Waals surface area contributed by atoms with Gasteiger partial charge < -0.3 is 10.4 Å². The van der Waals surface area contributed by atoms with E-state index in [4.69, 9.17) is 10.6 Å². The average Bonchev–Trinajstić information content (AvgIpc) is 2.44. The second kappa shape index (κ2) is 6.57. The van der Waals surface area contributed by atoms with Crippen LogP contribution in [0.15, 0.2) is 34.3 Å². The normalized spacial score (nSPS) is 10.4. The summed E-state index contributed by atoms with van der Waals surface area (Å²) in [6.07, 6.45) is 0. The van der Waals surface area contributed by atoms with Crippen LogP contribution in [0, 0.1) is 20.7 Å². The van der Waals surface area contributed by atoms with Gasteiger partial charge in [-0.2, -0.15) is 5.11 Å². The Bertz CT molecular complexity index is 786. The molecular weight excluding hydrogens is 427 g/mol. The third kappa shape index (κ3) is 3.19. The van der Waals surface area contributed by atoms with Crippen molar-refractivity contribution in [2.24, 2.45) is 5.11 Å². The van der Waals surface area contributed by atoms with E-state index in [1.807, 2.05) is 22.6 Å². The van der Waals surface area contributed by atoms with Crippen molar-refractivity contribution in [3.8, 4) is 0 Å². The number of halogens is 3. The summed E-state index contributed by atoms with van der Waals surface area (Å²) in [5, 5.41) is 14.5. The monoisotopic (exact) mass is 435 g/mol. The Hall–Kier alpha value is -1.75. The molecule has 114 valence electrons. The van der Waals surface area contributed by atoms with Gasteiger partial charge in [-0.25, -0.2) is 19.1 Å². The molecule has 0 aliphatic carbocycles. The Morgan fingerprint density at radius 2 is 2.05 bits per heavy atom. The number of rotatable bonds is 4. The molecule has 2 aromatic carbocycles. The summed E-state index contributed by atoms with van der Waals surface area (Å²) < 4.78 is 28.8. The first kappa shape index (κ1) is 16.6. The van der Waals surface area contributed by atoms with Gasteiger partial charge in [-0.3, -0.25) is 0 Å². The fraction of sp³-hybridized carbons (Fsp3) is 0. The van der Waals surface area contributed by atoms with Crippen molar-refractivity contribution in [3.05, 3.63) is 45.0 Å². The molecule has 3 N–H and O–H groups in total. The zero-order valence-corrected chi connectivity index (χ0v) is 13.7. The van der Waals surface area contributed by atoms with Crippen LogP contribution in [0.4, 0.5) is 25.8 Å². The number of carbonyl (C=O) groups is 1. The Balaban J connectivity index is 2.62. The lowest BCUT2D eigenvalue weighted by Crippen LogP contribution is -2.07.